The Hall–Kier alpha value is -1.80. The second-order valence-electron chi connectivity index (χ2n) is 5.10. The monoisotopic (exact) mass is 269 g/mol. The van der Waals surface area contributed by atoms with Gasteiger partial charge in [0.05, 0.1) is 6.10 Å². The first-order valence-electron chi connectivity index (χ1n) is 7.28. The quantitative estimate of drug-likeness (QED) is 0.857. The van der Waals surface area contributed by atoms with Gasteiger partial charge < -0.3 is 10.0 Å². The van der Waals surface area contributed by atoms with Gasteiger partial charge in [-0.15, -0.1) is 0 Å². The molecule has 0 unspecified atom stereocenters. The van der Waals surface area contributed by atoms with Crippen LogP contribution in [0.1, 0.15) is 37.5 Å². The van der Waals surface area contributed by atoms with Crippen LogP contribution in [0.5, 0.6) is 0 Å². The third-order valence-electron chi connectivity index (χ3n) is 3.61. The maximum atomic E-state index is 9.86. The second-order valence-corrected chi connectivity index (χ2v) is 5.10. The van der Waals surface area contributed by atoms with Crippen molar-refractivity contribution in [1.82, 2.24) is 0 Å². The van der Waals surface area contributed by atoms with Gasteiger partial charge in [0.25, 0.3) is 0 Å². The summed E-state index contributed by atoms with van der Waals surface area (Å²) in [5.41, 5.74) is 4.61. The molecule has 0 saturated carbocycles. The minimum Gasteiger partial charge on any atom is -0.388 e. The molecule has 0 fully saturated rings. The first-order chi connectivity index (χ1) is 9.65. The molecule has 0 aliphatic carbocycles. The Labute approximate surface area is 121 Å². The van der Waals surface area contributed by atoms with Crippen LogP contribution in [0.15, 0.2) is 48.5 Å². The molecule has 0 aliphatic heterocycles. The molecule has 2 rings (SSSR count). The normalized spacial score (nSPS) is 12.2. The van der Waals surface area contributed by atoms with Gasteiger partial charge in [-0.25, -0.2) is 0 Å². The standard InChI is InChI=1S/C18H23NO/c1-4-18(20)15-9-11-16(12-10-15)19(5-2)17-8-6-7-14(3)13-17/h6-13,18,20H,4-5H2,1-3H3/t18-/m0/s1. The van der Waals surface area contributed by atoms with Gasteiger partial charge in [-0.3, -0.25) is 0 Å². The molecule has 0 aromatic heterocycles. The molecular formula is C18H23NO. The molecule has 2 aromatic rings. The van der Waals surface area contributed by atoms with Gasteiger partial charge in [-0.05, 0) is 55.7 Å². The number of nitrogens with zero attached hydrogens (tertiary/aromatic N) is 1. The Bertz CT molecular complexity index is 548. The number of anilines is 2. The van der Waals surface area contributed by atoms with Crippen LogP contribution in [0.25, 0.3) is 0 Å². The highest BCUT2D eigenvalue weighted by Gasteiger charge is 2.09. The van der Waals surface area contributed by atoms with Gasteiger partial charge in [-0.2, -0.15) is 0 Å². The third-order valence-corrected chi connectivity index (χ3v) is 3.61. The van der Waals surface area contributed by atoms with E-state index >= 15 is 0 Å². The van der Waals surface area contributed by atoms with Crippen LogP contribution in [0, 0.1) is 6.92 Å². The summed E-state index contributed by atoms with van der Waals surface area (Å²) in [6, 6.07) is 16.7. The first kappa shape index (κ1) is 14.6. The smallest absolute Gasteiger partial charge is 0.0787 e. The molecule has 0 radical (unpaired) electrons. The van der Waals surface area contributed by atoms with E-state index in [0.29, 0.717) is 0 Å². The number of hydrogen-bond acceptors (Lipinski definition) is 2. The summed E-state index contributed by atoms with van der Waals surface area (Å²) in [6.45, 7) is 7.16. The lowest BCUT2D eigenvalue weighted by atomic mass is 10.1. The Morgan fingerprint density at radius 2 is 1.70 bits per heavy atom. The van der Waals surface area contributed by atoms with Gasteiger partial charge in [0.15, 0.2) is 0 Å². The Kier molecular flexibility index (Phi) is 4.80. The molecule has 106 valence electrons. The first-order valence-corrected chi connectivity index (χ1v) is 7.28. The summed E-state index contributed by atoms with van der Waals surface area (Å²) < 4.78 is 0. The van der Waals surface area contributed by atoms with E-state index in [2.05, 4.69) is 55.1 Å². The van der Waals surface area contributed by atoms with Crippen LogP contribution >= 0.6 is 0 Å². The number of hydrogen-bond donors (Lipinski definition) is 1. The van der Waals surface area contributed by atoms with Crippen molar-refractivity contribution in [2.45, 2.75) is 33.3 Å². The van der Waals surface area contributed by atoms with Crippen LogP contribution in [-0.4, -0.2) is 11.7 Å². The average Bonchev–Trinajstić information content (AvgIpc) is 2.48. The van der Waals surface area contributed by atoms with E-state index in [4.69, 9.17) is 0 Å². The zero-order chi connectivity index (χ0) is 14.5. The molecule has 1 atom stereocenters. The predicted octanol–water partition coefficient (Wildman–Crippen LogP) is 4.60. The van der Waals surface area contributed by atoms with Gasteiger partial charge in [0.1, 0.15) is 0 Å². The van der Waals surface area contributed by atoms with Crippen molar-refractivity contribution in [3.8, 4) is 0 Å². The number of aliphatic hydroxyl groups is 1. The number of aliphatic hydroxyl groups excluding tert-OH is 1. The highest BCUT2D eigenvalue weighted by molar-refractivity contribution is 5.64. The fourth-order valence-electron chi connectivity index (χ4n) is 2.42. The summed E-state index contributed by atoms with van der Waals surface area (Å²) in [7, 11) is 0. The maximum absolute atomic E-state index is 9.86. The number of benzene rings is 2. The molecule has 0 aliphatic rings. The van der Waals surface area contributed by atoms with E-state index in [1.807, 2.05) is 19.1 Å². The molecule has 1 N–H and O–H groups in total. The van der Waals surface area contributed by atoms with E-state index < -0.39 is 0 Å². The largest absolute Gasteiger partial charge is 0.388 e. The van der Waals surface area contributed by atoms with Gasteiger partial charge in [0.2, 0.25) is 0 Å². The summed E-state index contributed by atoms with van der Waals surface area (Å²) in [4.78, 5) is 2.27. The van der Waals surface area contributed by atoms with Crippen LogP contribution in [0.2, 0.25) is 0 Å². The van der Waals surface area contributed by atoms with Crippen molar-refractivity contribution in [2.24, 2.45) is 0 Å². The number of rotatable bonds is 5. The van der Waals surface area contributed by atoms with Crippen LogP contribution in [0.4, 0.5) is 11.4 Å². The molecular weight excluding hydrogens is 246 g/mol. The fourth-order valence-corrected chi connectivity index (χ4v) is 2.42. The SMILES string of the molecule is CC[C@H](O)c1ccc(N(CC)c2cccc(C)c2)cc1. The van der Waals surface area contributed by atoms with E-state index in [0.717, 1.165) is 24.2 Å². The van der Waals surface area contributed by atoms with E-state index in [-0.39, 0.29) is 6.10 Å². The predicted molar refractivity (Wildman–Crippen MR) is 85.6 cm³/mol. The van der Waals surface area contributed by atoms with Crippen molar-refractivity contribution >= 4 is 11.4 Å². The molecule has 0 spiro atoms. The zero-order valence-electron chi connectivity index (χ0n) is 12.5. The topological polar surface area (TPSA) is 23.5 Å². The minimum absolute atomic E-state index is 0.363. The Balaban J connectivity index is 2.28. The molecule has 20 heavy (non-hydrogen) atoms. The molecule has 2 aromatic carbocycles. The summed E-state index contributed by atoms with van der Waals surface area (Å²) in [6.07, 6.45) is 0.382. The van der Waals surface area contributed by atoms with E-state index in [9.17, 15) is 5.11 Å². The summed E-state index contributed by atoms with van der Waals surface area (Å²) >= 11 is 0. The lowest BCUT2D eigenvalue weighted by molar-refractivity contribution is 0.173. The van der Waals surface area contributed by atoms with Crippen LogP contribution in [0.3, 0.4) is 0 Å². The van der Waals surface area contributed by atoms with E-state index in [1.165, 1.54) is 11.3 Å². The van der Waals surface area contributed by atoms with E-state index in [1.54, 1.807) is 0 Å². The van der Waals surface area contributed by atoms with Crippen molar-refractivity contribution in [1.29, 1.82) is 0 Å². The van der Waals surface area contributed by atoms with Gasteiger partial charge in [-0.1, -0.05) is 31.2 Å². The molecule has 2 heteroatoms. The molecule has 0 heterocycles. The molecule has 0 amide bonds. The zero-order valence-corrected chi connectivity index (χ0v) is 12.5. The molecule has 0 saturated heterocycles. The second kappa shape index (κ2) is 6.58. The molecule has 0 bridgehead atoms. The summed E-state index contributed by atoms with van der Waals surface area (Å²) in [5.74, 6) is 0. The van der Waals surface area contributed by atoms with Crippen molar-refractivity contribution in [2.75, 3.05) is 11.4 Å². The Morgan fingerprint density at radius 3 is 2.25 bits per heavy atom. The highest BCUT2D eigenvalue weighted by Crippen LogP contribution is 2.27. The third kappa shape index (κ3) is 3.20. The maximum Gasteiger partial charge on any atom is 0.0787 e. The highest BCUT2D eigenvalue weighted by atomic mass is 16.3. The lowest BCUT2D eigenvalue weighted by Crippen LogP contribution is -2.16. The van der Waals surface area contributed by atoms with Crippen molar-refractivity contribution < 1.29 is 5.11 Å². The van der Waals surface area contributed by atoms with Crippen LogP contribution in [-0.2, 0) is 0 Å². The van der Waals surface area contributed by atoms with Crippen LogP contribution < -0.4 is 4.90 Å². The molecule has 2 nitrogen and oxygen atoms in total. The lowest BCUT2D eigenvalue weighted by Gasteiger charge is -2.24. The van der Waals surface area contributed by atoms with Crippen molar-refractivity contribution in [3.63, 3.8) is 0 Å². The van der Waals surface area contributed by atoms with Gasteiger partial charge >= 0.3 is 0 Å². The summed E-state index contributed by atoms with van der Waals surface area (Å²) in [5, 5.41) is 9.86. The van der Waals surface area contributed by atoms with Crippen molar-refractivity contribution in [3.05, 3.63) is 59.7 Å². The fraction of sp³-hybridized carbons (Fsp3) is 0.333. The minimum atomic E-state index is -0.363. The number of aryl methyl sites for hydroxylation is 1. The Morgan fingerprint density at radius 1 is 1.00 bits per heavy atom. The average molecular weight is 269 g/mol. The van der Waals surface area contributed by atoms with Gasteiger partial charge in [0, 0.05) is 17.9 Å².